The van der Waals surface area contributed by atoms with Crippen molar-refractivity contribution in [3.05, 3.63) is 48.2 Å². The van der Waals surface area contributed by atoms with Gasteiger partial charge in [-0.3, -0.25) is 9.59 Å². The summed E-state index contributed by atoms with van der Waals surface area (Å²) in [7, 11) is 0. The van der Waals surface area contributed by atoms with E-state index in [1.807, 2.05) is 18.2 Å². The molecule has 1 aromatic rings. The summed E-state index contributed by atoms with van der Waals surface area (Å²) in [5.41, 5.74) is 0.594. The fraction of sp³-hybridized carbons (Fsp3) is 0.412. The molecule has 20 heavy (non-hydrogen) atoms. The van der Waals surface area contributed by atoms with Gasteiger partial charge >= 0.3 is 0 Å². The van der Waals surface area contributed by atoms with Gasteiger partial charge in [-0.05, 0) is 24.1 Å². The molecule has 1 N–H and O–H groups in total. The lowest BCUT2D eigenvalue weighted by atomic mass is 9.86. The van der Waals surface area contributed by atoms with Crippen molar-refractivity contribution in [1.82, 2.24) is 5.32 Å². The molecule has 1 aliphatic carbocycles. The van der Waals surface area contributed by atoms with E-state index in [-0.39, 0.29) is 11.7 Å². The van der Waals surface area contributed by atoms with Crippen molar-refractivity contribution in [3.8, 4) is 0 Å². The highest BCUT2D eigenvalue weighted by Gasteiger charge is 2.15. The Labute approximate surface area is 120 Å². The highest BCUT2D eigenvalue weighted by Crippen LogP contribution is 2.26. The first kappa shape index (κ1) is 14.5. The highest BCUT2D eigenvalue weighted by molar-refractivity contribution is 5.96. The Bertz CT molecular complexity index is 473. The Balaban J connectivity index is 1.75. The Morgan fingerprint density at radius 2 is 1.80 bits per heavy atom. The fourth-order valence-corrected chi connectivity index (χ4v) is 2.63. The molecule has 0 spiro atoms. The first-order valence-electron chi connectivity index (χ1n) is 7.31. The Kier molecular flexibility index (Phi) is 5.54. The third-order valence-corrected chi connectivity index (χ3v) is 3.73. The molecular weight excluding hydrogens is 250 g/mol. The average Bonchev–Trinajstić information content (AvgIpc) is 2.49. The maximum Gasteiger partial charge on any atom is 0.255 e. The van der Waals surface area contributed by atoms with Crippen molar-refractivity contribution >= 4 is 11.7 Å². The number of benzene rings is 1. The third kappa shape index (κ3) is 4.65. The van der Waals surface area contributed by atoms with E-state index in [1.165, 1.54) is 31.5 Å². The van der Waals surface area contributed by atoms with Crippen LogP contribution in [0.1, 0.15) is 48.9 Å². The zero-order chi connectivity index (χ0) is 14.2. The quantitative estimate of drug-likeness (QED) is 0.833. The molecule has 0 saturated heterocycles. The van der Waals surface area contributed by atoms with Gasteiger partial charge < -0.3 is 5.32 Å². The van der Waals surface area contributed by atoms with Gasteiger partial charge in [0.25, 0.3) is 5.91 Å². The molecule has 0 heterocycles. The molecule has 1 amide bonds. The Morgan fingerprint density at radius 1 is 1.10 bits per heavy atom. The first-order chi connectivity index (χ1) is 9.75. The standard InChI is InChI=1S/C17H21NO2/c19-16(13-14-7-3-1-4-8-14)11-12-18-17(20)15-9-5-2-6-10-15/h2,5-6,9-12,14H,1,3-4,7-8,13H2,(H,18,20)/b12-11-. The molecule has 1 aromatic carbocycles. The van der Waals surface area contributed by atoms with Gasteiger partial charge in [0.2, 0.25) is 0 Å². The van der Waals surface area contributed by atoms with E-state index in [0.29, 0.717) is 17.9 Å². The third-order valence-electron chi connectivity index (χ3n) is 3.73. The average molecular weight is 271 g/mol. The normalized spacial score (nSPS) is 16.2. The number of amides is 1. The van der Waals surface area contributed by atoms with Crippen LogP contribution < -0.4 is 5.32 Å². The van der Waals surface area contributed by atoms with Crippen molar-refractivity contribution in [2.24, 2.45) is 5.92 Å². The number of allylic oxidation sites excluding steroid dienone is 1. The maximum atomic E-state index is 11.8. The number of hydrogen-bond acceptors (Lipinski definition) is 2. The molecule has 2 rings (SSSR count). The summed E-state index contributed by atoms with van der Waals surface area (Å²) in [6.45, 7) is 0. The summed E-state index contributed by atoms with van der Waals surface area (Å²) in [4.78, 5) is 23.5. The van der Waals surface area contributed by atoms with Crippen LogP contribution in [0.15, 0.2) is 42.6 Å². The Morgan fingerprint density at radius 3 is 2.50 bits per heavy atom. The maximum absolute atomic E-state index is 11.8. The van der Waals surface area contributed by atoms with E-state index in [1.54, 1.807) is 12.1 Å². The van der Waals surface area contributed by atoms with Crippen molar-refractivity contribution in [1.29, 1.82) is 0 Å². The number of carbonyl (C=O) groups is 2. The molecule has 0 aliphatic heterocycles. The van der Waals surface area contributed by atoms with E-state index >= 15 is 0 Å². The van der Waals surface area contributed by atoms with Gasteiger partial charge in [-0.1, -0.05) is 50.3 Å². The van der Waals surface area contributed by atoms with Crippen molar-refractivity contribution in [2.75, 3.05) is 0 Å². The van der Waals surface area contributed by atoms with E-state index in [9.17, 15) is 9.59 Å². The summed E-state index contributed by atoms with van der Waals surface area (Å²) in [5, 5.41) is 2.63. The monoisotopic (exact) mass is 271 g/mol. The molecule has 0 atom stereocenters. The smallest absolute Gasteiger partial charge is 0.255 e. The van der Waals surface area contributed by atoms with Crippen molar-refractivity contribution < 1.29 is 9.59 Å². The Hall–Kier alpha value is -1.90. The molecule has 1 aliphatic rings. The minimum atomic E-state index is -0.188. The van der Waals surface area contributed by atoms with E-state index in [0.717, 1.165) is 12.8 Å². The van der Waals surface area contributed by atoms with Gasteiger partial charge in [0.05, 0.1) is 0 Å². The predicted octanol–water partition coefficient (Wildman–Crippen LogP) is 3.47. The van der Waals surface area contributed by atoms with Crippen molar-refractivity contribution in [2.45, 2.75) is 38.5 Å². The van der Waals surface area contributed by atoms with Crippen LogP contribution in [0.25, 0.3) is 0 Å². The second-order valence-electron chi connectivity index (χ2n) is 5.35. The number of hydrogen-bond donors (Lipinski definition) is 1. The van der Waals surface area contributed by atoms with E-state index < -0.39 is 0 Å². The van der Waals surface area contributed by atoms with Gasteiger partial charge in [-0.2, -0.15) is 0 Å². The zero-order valence-electron chi connectivity index (χ0n) is 11.7. The molecule has 0 unspecified atom stereocenters. The lowest BCUT2D eigenvalue weighted by molar-refractivity contribution is -0.115. The van der Waals surface area contributed by atoms with Crippen LogP contribution in [0.3, 0.4) is 0 Å². The summed E-state index contributed by atoms with van der Waals surface area (Å²) in [5.74, 6) is 0.448. The number of ketones is 1. The molecule has 3 nitrogen and oxygen atoms in total. The fourth-order valence-electron chi connectivity index (χ4n) is 2.63. The second-order valence-corrected chi connectivity index (χ2v) is 5.35. The second kappa shape index (κ2) is 7.63. The van der Waals surface area contributed by atoms with Gasteiger partial charge in [0.1, 0.15) is 0 Å². The van der Waals surface area contributed by atoms with Crippen LogP contribution >= 0.6 is 0 Å². The lowest BCUT2D eigenvalue weighted by Crippen LogP contribution is -2.17. The summed E-state index contributed by atoms with van der Waals surface area (Å²) in [6.07, 6.45) is 9.66. The first-order valence-corrected chi connectivity index (χ1v) is 7.31. The van der Waals surface area contributed by atoms with Gasteiger partial charge in [-0.15, -0.1) is 0 Å². The summed E-state index contributed by atoms with van der Waals surface area (Å²) < 4.78 is 0. The van der Waals surface area contributed by atoms with Crippen LogP contribution in [0.2, 0.25) is 0 Å². The number of nitrogens with one attached hydrogen (secondary N) is 1. The molecule has 0 bridgehead atoms. The van der Waals surface area contributed by atoms with Crippen LogP contribution in [0.4, 0.5) is 0 Å². The van der Waals surface area contributed by atoms with Crippen LogP contribution in [0, 0.1) is 5.92 Å². The van der Waals surface area contributed by atoms with Gasteiger partial charge in [0.15, 0.2) is 5.78 Å². The van der Waals surface area contributed by atoms with E-state index in [2.05, 4.69) is 5.32 Å². The summed E-state index contributed by atoms with van der Waals surface area (Å²) in [6, 6.07) is 8.97. The van der Waals surface area contributed by atoms with E-state index in [4.69, 9.17) is 0 Å². The molecule has 0 radical (unpaired) electrons. The van der Waals surface area contributed by atoms with Gasteiger partial charge in [-0.25, -0.2) is 0 Å². The minimum absolute atomic E-state index is 0.102. The molecule has 1 fully saturated rings. The summed E-state index contributed by atoms with van der Waals surface area (Å²) >= 11 is 0. The zero-order valence-corrected chi connectivity index (χ0v) is 11.7. The predicted molar refractivity (Wildman–Crippen MR) is 79.2 cm³/mol. The number of rotatable bonds is 5. The van der Waals surface area contributed by atoms with Crippen LogP contribution in [-0.2, 0) is 4.79 Å². The van der Waals surface area contributed by atoms with Crippen molar-refractivity contribution in [3.63, 3.8) is 0 Å². The molecule has 1 saturated carbocycles. The SMILES string of the molecule is O=C(/C=C\NC(=O)c1ccccc1)CC1CCCCC1. The van der Waals surface area contributed by atoms with Crippen LogP contribution in [-0.4, -0.2) is 11.7 Å². The molecule has 3 heteroatoms. The van der Waals surface area contributed by atoms with Gasteiger partial charge in [0, 0.05) is 18.2 Å². The molecular formula is C17H21NO2. The molecule has 106 valence electrons. The largest absolute Gasteiger partial charge is 0.328 e. The molecule has 0 aromatic heterocycles. The minimum Gasteiger partial charge on any atom is -0.328 e. The highest BCUT2D eigenvalue weighted by atomic mass is 16.1. The number of carbonyl (C=O) groups excluding carboxylic acids is 2. The van der Waals surface area contributed by atoms with Crippen LogP contribution in [0.5, 0.6) is 0 Å². The topological polar surface area (TPSA) is 46.2 Å². The lowest BCUT2D eigenvalue weighted by Gasteiger charge is -2.19.